The molecule has 60 heavy (non-hydrogen) atoms. The minimum atomic E-state index is -0.551. The molecule has 0 bridgehead atoms. The lowest BCUT2D eigenvalue weighted by atomic mass is 9.55. The maximum atomic E-state index is 5.44. The molecule has 0 unspecified atom stereocenters. The van der Waals surface area contributed by atoms with Gasteiger partial charge in [-0.05, 0) is 95.4 Å². The monoisotopic (exact) mass is 764 g/mol. The van der Waals surface area contributed by atoms with Crippen molar-refractivity contribution in [3.05, 3.63) is 240 Å². The number of rotatable bonds is 4. The van der Waals surface area contributed by atoms with Crippen molar-refractivity contribution >= 4 is 21.5 Å². The molecule has 1 spiro atoms. The quantitative estimate of drug-likeness (QED) is 0.167. The van der Waals surface area contributed by atoms with Crippen molar-refractivity contribution in [2.45, 2.75) is 24.7 Å². The van der Waals surface area contributed by atoms with E-state index in [9.17, 15) is 0 Å². The third-order valence-corrected chi connectivity index (χ3v) is 13.4. The molecule has 0 aliphatic heterocycles. The van der Waals surface area contributed by atoms with Gasteiger partial charge in [-0.1, -0.05) is 202 Å². The van der Waals surface area contributed by atoms with Gasteiger partial charge in [0.25, 0.3) is 0 Å². The van der Waals surface area contributed by atoms with E-state index in [2.05, 4.69) is 214 Å². The molecule has 0 radical (unpaired) electrons. The number of fused-ring (bicyclic) bond motifs is 12. The summed E-state index contributed by atoms with van der Waals surface area (Å²) in [6.45, 7) is 4.77. The molecule has 12 rings (SSSR count). The summed E-state index contributed by atoms with van der Waals surface area (Å²) in [6.07, 6.45) is 0. The van der Waals surface area contributed by atoms with Crippen LogP contribution in [0.1, 0.15) is 47.2 Å². The Morgan fingerprint density at radius 2 is 0.900 bits per heavy atom. The lowest BCUT2D eigenvalue weighted by Gasteiger charge is -2.46. The average molecular weight is 765 g/mol. The van der Waals surface area contributed by atoms with Crippen LogP contribution in [0.3, 0.4) is 0 Å². The molecule has 0 fully saturated rings. The maximum absolute atomic E-state index is 5.44. The van der Waals surface area contributed by atoms with Crippen molar-refractivity contribution in [1.29, 1.82) is 0 Å². The van der Waals surface area contributed by atoms with Crippen LogP contribution in [-0.2, 0) is 10.8 Å². The minimum Gasteiger partial charge on any atom is -0.228 e. The molecule has 0 atom stereocenters. The number of hydrogen-bond acceptors (Lipinski definition) is 2. The molecule has 2 aliphatic rings. The summed E-state index contributed by atoms with van der Waals surface area (Å²) in [6, 6.07) is 75.6. The standard InChI is InChI=1S/C58H40N2/c1-57(2)48-27-13-15-29-50(48)58(51-30-16-14-28-49(51)57)47-33-32-40(45-34-39-22-9-10-23-41(39)42-24-11-12-25-43(42)45)35-46(47)55-44(26-17-31-52(55)58)54-36-53(37-18-5-3-6-19-37)59-56(60-54)38-20-7-4-8-21-38/h3-36H,1-2H3. The Balaban J connectivity index is 1.20. The average Bonchev–Trinajstić information content (AvgIpc) is 3.61. The Morgan fingerprint density at radius 1 is 0.333 bits per heavy atom. The van der Waals surface area contributed by atoms with Gasteiger partial charge < -0.3 is 0 Å². The normalized spacial score (nSPS) is 14.1. The van der Waals surface area contributed by atoms with Gasteiger partial charge in [0.1, 0.15) is 0 Å². The van der Waals surface area contributed by atoms with E-state index in [-0.39, 0.29) is 5.41 Å². The molecule has 9 aromatic carbocycles. The van der Waals surface area contributed by atoms with Crippen LogP contribution in [0, 0.1) is 0 Å². The first-order valence-electron chi connectivity index (χ1n) is 20.9. The summed E-state index contributed by atoms with van der Waals surface area (Å²) in [5.74, 6) is 0.712. The van der Waals surface area contributed by atoms with Gasteiger partial charge in [0.05, 0.1) is 16.8 Å². The fourth-order valence-electron chi connectivity index (χ4n) is 10.7. The highest BCUT2D eigenvalue weighted by molar-refractivity contribution is 6.14. The fraction of sp³-hybridized carbons (Fsp3) is 0.0690. The van der Waals surface area contributed by atoms with E-state index in [1.807, 2.05) is 6.07 Å². The van der Waals surface area contributed by atoms with Gasteiger partial charge >= 0.3 is 0 Å². The summed E-state index contributed by atoms with van der Waals surface area (Å²) in [5, 5.41) is 5.03. The van der Waals surface area contributed by atoms with E-state index >= 15 is 0 Å². The molecule has 1 heterocycles. The Hall–Kier alpha value is -7.42. The second-order valence-electron chi connectivity index (χ2n) is 16.8. The summed E-state index contributed by atoms with van der Waals surface area (Å²) in [5.41, 5.74) is 17.1. The highest BCUT2D eigenvalue weighted by atomic mass is 14.9. The molecule has 0 N–H and O–H groups in total. The molecule has 1 aromatic heterocycles. The molecular weight excluding hydrogens is 725 g/mol. The van der Waals surface area contributed by atoms with Crippen LogP contribution in [0.2, 0.25) is 0 Å². The third kappa shape index (κ3) is 4.88. The van der Waals surface area contributed by atoms with Gasteiger partial charge in [-0.25, -0.2) is 9.97 Å². The van der Waals surface area contributed by atoms with Crippen LogP contribution in [0.15, 0.2) is 206 Å². The van der Waals surface area contributed by atoms with E-state index in [1.54, 1.807) is 0 Å². The summed E-state index contributed by atoms with van der Waals surface area (Å²) in [4.78, 5) is 10.6. The topological polar surface area (TPSA) is 25.8 Å². The van der Waals surface area contributed by atoms with Gasteiger partial charge in [-0.2, -0.15) is 0 Å². The van der Waals surface area contributed by atoms with Gasteiger partial charge in [-0.3, -0.25) is 0 Å². The van der Waals surface area contributed by atoms with Crippen LogP contribution >= 0.6 is 0 Å². The van der Waals surface area contributed by atoms with E-state index in [0.717, 1.165) is 28.1 Å². The molecule has 0 saturated carbocycles. The number of benzene rings is 9. The zero-order chi connectivity index (χ0) is 40.0. The fourth-order valence-corrected chi connectivity index (χ4v) is 10.7. The molecule has 282 valence electrons. The Bertz CT molecular complexity index is 3240. The van der Waals surface area contributed by atoms with Gasteiger partial charge in [-0.15, -0.1) is 0 Å². The van der Waals surface area contributed by atoms with E-state index in [4.69, 9.17) is 9.97 Å². The van der Waals surface area contributed by atoms with Crippen molar-refractivity contribution in [3.63, 3.8) is 0 Å². The lowest BCUT2D eigenvalue weighted by molar-refractivity contribution is 0.563. The lowest BCUT2D eigenvalue weighted by Crippen LogP contribution is -2.40. The predicted octanol–water partition coefficient (Wildman–Crippen LogP) is 14.5. The highest BCUT2D eigenvalue weighted by Crippen LogP contribution is 2.63. The third-order valence-electron chi connectivity index (χ3n) is 13.4. The predicted molar refractivity (Wildman–Crippen MR) is 248 cm³/mol. The number of aromatic nitrogens is 2. The second-order valence-corrected chi connectivity index (χ2v) is 16.8. The number of nitrogens with zero attached hydrogens (tertiary/aromatic N) is 2. The van der Waals surface area contributed by atoms with Crippen molar-refractivity contribution in [3.8, 4) is 56.2 Å². The van der Waals surface area contributed by atoms with Crippen LogP contribution < -0.4 is 0 Å². The first-order valence-corrected chi connectivity index (χ1v) is 20.9. The van der Waals surface area contributed by atoms with E-state index in [0.29, 0.717) is 5.82 Å². The zero-order valence-corrected chi connectivity index (χ0v) is 33.5. The van der Waals surface area contributed by atoms with Crippen molar-refractivity contribution in [2.24, 2.45) is 0 Å². The second kappa shape index (κ2) is 13.0. The molecule has 10 aromatic rings. The molecule has 2 nitrogen and oxygen atoms in total. The Labute approximate surface area is 350 Å². The van der Waals surface area contributed by atoms with Gasteiger partial charge in [0.2, 0.25) is 0 Å². The van der Waals surface area contributed by atoms with Crippen LogP contribution in [-0.4, -0.2) is 9.97 Å². The molecule has 2 aliphatic carbocycles. The molecule has 0 amide bonds. The van der Waals surface area contributed by atoms with Crippen LogP contribution in [0.25, 0.3) is 77.7 Å². The van der Waals surface area contributed by atoms with E-state index in [1.165, 1.54) is 77.2 Å². The van der Waals surface area contributed by atoms with Gasteiger partial charge in [0.15, 0.2) is 5.82 Å². The van der Waals surface area contributed by atoms with Crippen LogP contribution in [0.5, 0.6) is 0 Å². The smallest absolute Gasteiger partial charge is 0.160 e. The zero-order valence-electron chi connectivity index (χ0n) is 33.5. The Morgan fingerprint density at radius 3 is 1.62 bits per heavy atom. The van der Waals surface area contributed by atoms with Crippen molar-refractivity contribution in [1.82, 2.24) is 9.97 Å². The van der Waals surface area contributed by atoms with E-state index < -0.39 is 5.41 Å². The first kappa shape index (κ1) is 34.6. The largest absolute Gasteiger partial charge is 0.228 e. The first-order chi connectivity index (χ1) is 29.5. The number of hydrogen-bond donors (Lipinski definition) is 0. The van der Waals surface area contributed by atoms with Crippen LogP contribution in [0.4, 0.5) is 0 Å². The SMILES string of the molecule is CC1(C)c2ccccc2C2(c3ccc(-c4cc5ccccc5c5ccccc45)cc3-c3c(-c4cc(-c5ccccc5)nc(-c5ccccc5)n4)cccc32)c2ccccc21. The van der Waals surface area contributed by atoms with Crippen molar-refractivity contribution in [2.75, 3.05) is 0 Å². The molecule has 2 heteroatoms. The van der Waals surface area contributed by atoms with Gasteiger partial charge in [0, 0.05) is 22.1 Å². The maximum Gasteiger partial charge on any atom is 0.160 e. The summed E-state index contributed by atoms with van der Waals surface area (Å²) >= 11 is 0. The van der Waals surface area contributed by atoms with Crippen molar-refractivity contribution < 1.29 is 0 Å². The minimum absolute atomic E-state index is 0.190. The highest BCUT2D eigenvalue weighted by Gasteiger charge is 2.53. The summed E-state index contributed by atoms with van der Waals surface area (Å²) in [7, 11) is 0. The summed E-state index contributed by atoms with van der Waals surface area (Å²) < 4.78 is 0. The molecule has 0 saturated heterocycles. The Kier molecular flexibility index (Phi) is 7.52. The molecular formula is C58H40N2.